The van der Waals surface area contributed by atoms with E-state index in [-0.39, 0.29) is 0 Å². The minimum atomic E-state index is 0.565. The zero-order chi connectivity index (χ0) is 13.1. The Kier molecular flexibility index (Phi) is 4.18. The number of fused-ring (bicyclic) bond motifs is 1. The van der Waals surface area contributed by atoms with Crippen LogP contribution in [0.1, 0.15) is 50.0 Å². The minimum absolute atomic E-state index is 0.565. The molecule has 0 aromatic heterocycles. The summed E-state index contributed by atoms with van der Waals surface area (Å²) in [4.78, 5) is 1.53. The van der Waals surface area contributed by atoms with Crippen molar-refractivity contribution in [3.8, 4) is 0 Å². The van der Waals surface area contributed by atoms with Crippen LogP contribution >= 0.6 is 11.8 Å². The van der Waals surface area contributed by atoms with Crippen molar-refractivity contribution >= 4 is 11.8 Å². The van der Waals surface area contributed by atoms with Gasteiger partial charge in [-0.2, -0.15) is 0 Å². The Morgan fingerprint density at radius 3 is 2.79 bits per heavy atom. The number of thioether (sulfide) groups is 1. The van der Waals surface area contributed by atoms with Gasteiger partial charge in [0.25, 0.3) is 0 Å². The fraction of sp³-hybridized carbons (Fsp3) is 0.647. The average Bonchev–Trinajstić information content (AvgIpc) is 2.83. The van der Waals surface area contributed by atoms with Crippen LogP contribution in [-0.4, -0.2) is 19.3 Å². The SMILES string of the molecule is CNCC1(CC2CSc3ccccc32)CCCCC1. The first kappa shape index (κ1) is 13.5. The molecule has 0 saturated heterocycles. The number of rotatable bonds is 4. The Bertz CT molecular complexity index is 418. The second-order valence-electron chi connectivity index (χ2n) is 6.34. The number of hydrogen-bond acceptors (Lipinski definition) is 2. The van der Waals surface area contributed by atoms with E-state index in [0.717, 1.165) is 5.92 Å². The zero-order valence-corrected chi connectivity index (χ0v) is 12.8. The predicted molar refractivity (Wildman–Crippen MR) is 84.0 cm³/mol. The van der Waals surface area contributed by atoms with Crippen LogP contribution in [0.4, 0.5) is 0 Å². The van der Waals surface area contributed by atoms with Crippen molar-refractivity contribution in [2.24, 2.45) is 5.41 Å². The molecule has 1 aliphatic heterocycles. The van der Waals surface area contributed by atoms with Crippen molar-refractivity contribution in [3.63, 3.8) is 0 Å². The van der Waals surface area contributed by atoms with Gasteiger partial charge in [0.15, 0.2) is 0 Å². The van der Waals surface area contributed by atoms with Crippen LogP contribution in [0.15, 0.2) is 29.2 Å². The molecule has 1 aromatic carbocycles. The van der Waals surface area contributed by atoms with Gasteiger partial charge in [-0.05, 0) is 49.3 Å². The zero-order valence-electron chi connectivity index (χ0n) is 12.0. The van der Waals surface area contributed by atoms with E-state index in [2.05, 4.69) is 48.4 Å². The maximum Gasteiger partial charge on any atom is 0.0107 e. The minimum Gasteiger partial charge on any atom is -0.319 e. The fourth-order valence-electron chi connectivity index (χ4n) is 4.05. The van der Waals surface area contributed by atoms with Crippen molar-refractivity contribution in [2.75, 3.05) is 19.3 Å². The third-order valence-electron chi connectivity index (χ3n) is 4.94. The summed E-state index contributed by atoms with van der Waals surface area (Å²) in [7, 11) is 2.12. The lowest BCUT2D eigenvalue weighted by Gasteiger charge is -2.39. The first-order chi connectivity index (χ1) is 9.33. The molecule has 3 rings (SSSR count). The molecule has 1 aliphatic carbocycles. The fourth-order valence-corrected chi connectivity index (χ4v) is 5.31. The number of hydrogen-bond donors (Lipinski definition) is 1. The quantitative estimate of drug-likeness (QED) is 0.872. The maximum absolute atomic E-state index is 3.47. The molecular formula is C17H25NS. The van der Waals surface area contributed by atoms with Crippen molar-refractivity contribution in [1.29, 1.82) is 0 Å². The highest BCUT2D eigenvalue weighted by Crippen LogP contribution is 2.49. The predicted octanol–water partition coefficient (Wildman–Crippen LogP) is 4.44. The second-order valence-corrected chi connectivity index (χ2v) is 7.40. The third-order valence-corrected chi connectivity index (χ3v) is 6.20. The van der Waals surface area contributed by atoms with Crippen LogP contribution < -0.4 is 5.32 Å². The van der Waals surface area contributed by atoms with Crippen LogP contribution in [0.25, 0.3) is 0 Å². The molecule has 1 atom stereocenters. The van der Waals surface area contributed by atoms with Gasteiger partial charge >= 0.3 is 0 Å². The van der Waals surface area contributed by atoms with Gasteiger partial charge in [0.1, 0.15) is 0 Å². The topological polar surface area (TPSA) is 12.0 Å². The average molecular weight is 275 g/mol. The van der Waals surface area contributed by atoms with Crippen LogP contribution in [0.3, 0.4) is 0 Å². The third kappa shape index (κ3) is 2.85. The molecule has 1 heterocycles. The lowest BCUT2D eigenvalue weighted by atomic mass is 9.68. The van der Waals surface area contributed by atoms with Gasteiger partial charge < -0.3 is 5.32 Å². The summed E-state index contributed by atoms with van der Waals surface area (Å²) >= 11 is 2.06. The molecule has 0 radical (unpaired) electrons. The molecule has 1 N–H and O–H groups in total. The van der Waals surface area contributed by atoms with Gasteiger partial charge in [-0.1, -0.05) is 37.5 Å². The molecule has 0 bridgehead atoms. The Morgan fingerprint density at radius 1 is 1.21 bits per heavy atom. The van der Waals surface area contributed by atoms with E-state index < -0.39 is 0 Å². The Morgan fingerprint density at radius 2 is 2.00 bits per heavy atom. The van der Waals surface area contributed by atoms with Crippen molar-refractivity contribution < 1.29 is 0 Å². The smallest absolute Gasteiger partial charge is 0.0107 e. The molecule has 104 valence electrons. The summed E-state index contributed by atoms with van der Waals surface area (Å²) in [6.07, 6.45) is 8.56. The van der Waals surface area contributed by atoms with Crippen LogP contribution in [0, 0.1) is 5.41 Å². The van der Waals surface area contributed by atoms with E-state index in [0.29, 0.717) is 5.41 Å². The van der Waals surface area contributed by atoms with E-state index in [1.165, 1.54) is 55.7 Å². The second kappa shape index (κ2) is 5.88. The summed E-state index contributed by atoms with van der Waals surface area (Å²) in [6, 6.07) is 9.04. The standard InChI is InChI=1S/C17H25NS/c1-18-13-17(9-5-2-6-10-17)11-14-12-19-16-8-4-3-7-15(14)16/h3-4,7-8,14,18H,2,5-6,9-13H2,1H3. The highest BCUT2D eigenvalue weighted by molar-refractivity contribution is 7.99. The van der Waals surface area contributed by atoms with Crippen molar-refractivity contribution in [3.05, 3.63) is 29.8 Å². The molecule has 19 heavy (non-hydrogen) atoms. The molecule has 0 spiro atoms. The van der Waals surface area contributed by atoms with E-state index in [1.54, 1.807) is 5.56 Å². The maximum atomic E-state index is 3.47. The molecule has 2 aliphatic rings. The summed E-state index contributed by atoms with van der Waals surface area (Å²) < 4.78 is 0. The van der Waals surface area contributed by atoms with Gasteiger partial charge in [-0.25, -0.2) is 0 Å². The van der Waals surface area contributed by atoms with E-state index in [4.69, 9.17) is 0 Å². The van der Waals surface area contributed by atoms with Crippen molar-refractivity contribution in [2.45, 2.75) is 49.3 Å². The summed E-state index contributed by atoms with van der Waals surface area (Å²) in [5.74, 6) is 2.08. The first-order valence-corrected chi connectivity index (χ1v) is 8.68. The van der Waals surface area contributed by atoms with Crippen LogP contribution in [0.2, 0.25) is 0 Å². The van der Waals surface area contributed by atoms with Gasteiger partial charge in [0.2, 0.25) is 0 Å². The van der Waals surface area contributed by atoms with Crippen LogP contribution in [-0.2, 0) is 0 Å². The molecule has 1 nitrogen and oxygen atoms in total. The lowest BCUT2D eigenvalue weighted by Crippen LogP contribution is -2.36. The molecule has 0 amide bonds. The van der Waals surface area contributed by atoms with Gasteiger partial charge in [0.05, 0.1) is 0 Å². The van der Waals surface area contributed by atoms with Gasteiger partial charge in [-0.3, -0.25) is 0 Å². The number of benzene rings is 1. The van der Waals surface area contributed by atoms with E-state index in [9.17, 15) is 0 Å². The molecule has 1 fully saturated rings. The largest absolute Gasteiger partial charge is 0.319 e. The van der Waals surface area contributed by atoms with Gasteiger partial charge in [0, 0.05) is 17.2 Å². The molecule has 1 saturated carbocycles. The Balaban J connectivity index is 1.76. The van der Waals surface area contributed by atoms with Crippen molar-refractivity contribution in [1.82, 2.24) is 5.32 Å². The summed E-state index contributed by atoms with van der Waals surface area (Å²) in [5.41, 5.74) is 2.18. The number of nitrogens with one attached hydrogen (secondary N) is 1. The van der Waals surface area contributed by atoms with E-state index >= 15 is 0 Å². The Labute approximate surface area is 121 Å². The normalized spacial score (nSPS) is 25.2. The summed E-state index contributed by atoms with van der Waals surface area (Å²) in [6.45, 7) is 1.20. The highest BCUT2D eigenvalue weighted by atomic mass is 32.2. The highest BCUT2D eigenvalue weighted by Gasteiger charge is 2.36. The lowest BCUT2D eigenvalue weighted by molar-refractivity contribution is 0.161. The molecule has 2 heteroatoms. The summed E-state index contributed by atoms with van der Waals surface area (Å²) in [5, 5.41) is 3.47. The monoisotopic (exact) mass is 275 g/mol. The molecule has 1 unspecified atom stereocenters. The Hall–Kier alpha value is -0.470. The first-order valence-electron chi connectivity index (χ1n) is 7.69. The van der Waals surface area contributed by atoms with E-state index in [1.807, 2.05) is 0 Å². The van der Waals surface area contributed by atoms with Crippen LogP contribution in [0.5, 0.6) is 0 Å². The molecular weight excluding hydrogens is 250 g/mol. The molecule has 1 aromatic rings. The van der Waals surface area contributed by atoms with Gasteiger partial charge in [-0.15, -0.1) is 11.8 Å².